The van der Waals surface area contributed by atoms with Crippen molar-refractivity contribution in [3.8, 4) is 0 Å². The molecule has 5 N–H and O–H groups in total. The van der Waals surface area contributed by atoms with Gasteiger partial charge in [0.2, 0.25) is 20.0 Å². The first-order valence-electron chi connectivity index (χ1n) is 7.32. The van der Waals surface area contributed by atoms with E-state index in [1.807, 2.05) is 0 Å². The molecule has 0 fully saturated rings. The molecule has 0 saturated heterocycles. The number of primary sulfonamides is 1. The van der Waals surface area contributed by atoms with Crippen LogP contribution in [0.25, 0.3) is 0 Å². The largest absolute Gasteiger partial charge is 0.386 e. The highest BCUT2D eigenvalue weighted by molar-refractivity contribution is 7.93. The summed E-state index contributed by atoms with van der Waals surface area (Å²) in [6.45, 7) is 0. The summed E-state index contributed by atoms with van der Waals surface area (Å²) in [4.78, 5) is -0.872. The second kappa shape index (κ2) is 7.44. The third-order valence-electron chi connectivity index (χ3n) is 3.53. The van der Waals surface area contributed by atoms with Crippen molar-refractivity contribution in [1.29, 1.82) is 0 Å². The van der Waals surface area contributed by atoms with Gasteiger partial charge in [0.05, 0.1) is 26.1 Å². The van der Waals surface area contributed by atoms with Gasteiger partial charge in [-0.2, -0.15) is 0 Å². The normalized spacial score (nSPS) is 12.6. The van der Waals surface area contributed by atoms with Gasteiger partial charge in [-0.15, -0.1) is 0 Å². The molecule has 148 valence electrons. The zero-order valence-corrected chi connectivity index (χ0v) is 16.7. The highest BCUT2D eigenvalue weighted by Crippen LogP contribution is 2.28. The Hall–Kier alpha value is -2.19. The van der Waals surface area contributed by atoms with Gasteiger partial charge in [-0.1, -0.05) is 6.07 Å². The number of sulfonamides is 3. The van der Waals surface area contributed by atoms with Crippen LogP contribution >= 0.6 is 0 Å². The van der Waals surface area contributed by atoms with Crippen LogP contribution in [0.2, 0.25) is 0 Å². The van der Waals surface area contributed by atoms with Crippen LogP contribution in [0.1, 0.15) is 0 Å². The summed E-state index contributed by atoms with van der Waals surface area (Å²) < 4.78 is 76.4. The predicted octanol–water partition coefficient (Wildman–Crippen LogP) is 0.0846. The number of nitrogens with two attached hydrogens (primary N) is 1. The molecule has 0 aliphatic rings. The summed E-state index contributed by atoms with van der Waals surface area (Å²) in [7, 11) is -9.36. The molecular weight excluding hydrogens is 416 g/mol. The van der Waals surface area contributed by atoms with Gasteiger partial charge in [-0.05, 0) is 43.4 Å². The lowest BCUT2D eigenvalue weighted by Gasteiger charge is -2.14. The molecule has 0 atom stereocenters. The lowest BCUT2D eigenvalue weighted by Crippen LogP contribution is -2.20. The van der Waals surface area contributed by atoms with E-state index in [0.717, 1.165) is 18.2 Å². The Morgan fingerprint density at radius 1 is 0.741 bits per heavy atom. The van der Waals surface area contributed by atoms with Crippen molar-refractivity contribution in [1.82, 2.24) is 4.72 Å². The van der Waals surface area contributed by atoms with Crippen LogP contribution in [0.15, 0.2) is 57.2 Å². The maximum Gasteiger partial charge on any atom is 0.262 e. The Morgan fingerprint density at radius 3 is 1.89 bits per heavy atom. The summed E-state index contributed by atoms with van der Waals surface area (Å²) >= 11 is 0. The minimum atomic E-state index is -4.22. The van der Waals surface area contributed by atoms with Gasteiger partial charge in [0.25, 0.3) is 10.0 Å². The maximum atomic E-state index is 12.6. The van der Waals surface area contributed by atoms with Crippen molar-refractivity contribution in [2.75, 3.05) is 24.1 Å². The van der Waals surface area contributed by atoms with E-state index in [1.165, 1.54) is 38.4 Å². The molecule has 0 saturated carbocycles. The van der Waals surface area contributed by atoms with Crippen molar-refractivity contribution in [2.45, 2.75) is 14.7 Å². The smallest absolute Gasteiger partial charge is 0.262 e. The van der Waals surface area contributed by atoms with Crippen molar-refractivity contribution in [3.05, 3.63) is 42.5 Å². The molecule has 13 heteroatoms. The molecule has 10 nitrogen and oxygen atoms in total. The molecular formula is C14H18N4O6S3. The zero-order chi connectivity index (χ0) is 20.5. The van der Waals surface area contributed by atoms with Crippen LogP contribution in [0.4, 0.5) is 11.4 Å². The number of rotatable bonds is 7. The minimum absolute atomic E-state index is 0.0326. The molecule has 0 unspecified atom stereocenters. The van der Waals surface area contributed by atoms with E-state index in [1.54, 1.807) is 0 Å². The fraction of sp³-hybridized carbons (Fsp3) is 0.143. The predicted molar refractivity (Wildman–Crippen MR) is 101 cm³/mol. The lowest BCUT2D eigenvalue weighted by atomic mass is 10.3. The summed E-state index contributed by atoms with van der Waals surface area (Å²) in [6.07, 6.45) is 0. The average molecular weight is 435 g/mol. The van der Waals surface area contributed by atoms with Crippen molar-refractivity contribution < 1.29 is 25.3 Å². The van der Waals surface area contributed by atoms with E-state index in [9.17, 15) is 25.3 Å². The van der Waals surface area contributed by atoms with Gasteiger partial charge >= 0.3 is 0 Å². The summed E-state index contributed by atoms with van der Waals surface area (Å²) in [6, 6.07) is 8.32. The number of nitrogens with one attached hydrogen (secondary N) is 3. The Kier molecular flexibility index (Phi) is 5.82. The van der Waals surface area contributed by atoms with Crippen LogP contribution in [-0.4, -0.2) is 39.3 Å². The number of hydrogen-bond acceptors (Lipinski definition) is 7. The van der Waals surface area contributed by atoms with Gasteiger partial charge in [0, 0.05) is 7.05 Å². The summed E-state index contributed by atoms with van der Waals surface area (Å²) in [5, 5.41) is 7.77. The second-order valence-electron chi connectivity index (χ2n) is 5.29. The van der Waals surface area contributed by atoms with Crippen molar-refractivity contribution >= 4 is 41.4 Å². The zero-order valence-electron chi connectivity index (χ0n) is 14.3. The van der Waals surface area contributed by atoms with Gasteiger partial charge in [-0.3, -0.25) is 4.72 Å². The molecule has 0 heterocycles. The third-order valence-corrected chi connectivity index (χ3v) is 7.21. The topological polar surface area (TPSA) is 165 Å². The van der Waals surface area contributed by atoms with E-state index in [0.29, 0.717) is 5.69 Å². The standard InChI is InChI=1S/C14H18N4O6S3/c1-16-13-7-6-12(26(21,22)17-2)9-14(13)18-27(23,24)11-5-3-4-10(8-11)25(15,19)20/h3-9,16-18H,1-2H3,(H2,15,19,20). The Labute approximate surface area is 157 Å². The van der Waals surface area contributed by atoms with E-state index in [4.69, 9.17) is 5.14 Å². The van der Waals surface area contributed by atoms with Crippen molar-refractivity contribution in [3.63, 3.8) is 0 Å². The van der Waals surface area contributed by atoms with Gasteiger partial charge < -0.3 is 5.32 Å². The molecule has 0 amide bonds. The Bertz CT molecular complexity index is 1180. The van der Waals surface area contributed by atoms with Gasteiger partial charge in [-0.25, -0.2) is 35.1 Å². The number of hydrogen-bond donors (Lipinski definition) is 4. The molecule has 0 aliphatic heterocycles. The van der Waals surface area contributed by atoms with Crippen molar-refractivity contribution in [2.24, 2.45) is 5.14 Å². The Balaban J connectivity index is 2.54. The molecule has 27 heavy (non-hydrogen) atoms. The minimum Gasteiger partial charge on any atom is -0.386 e. The average Bonchev–Trinajstić information content (AvgIpc) is 2.60. The van der Waals surface area contributed by atoms with E-state index in [-0.39, 0.29) is 20.4 Å². The molecule has 2 rings (SSSR count). The molecule has 2 aromatic rings. The monoisotopic (exact) mass is 434 g/mol. The fourth-order valence-electron chi connectivity index (χ4n) is 2.13. The quantitative estimate of drug-likeness (QED) is 0.479. The van der Waals surface area contributed by atoms with E-state index < -0.39 is 30.1 Å². The van der Waals surface area contributed by atoms with Crippen LogP contribution in [0.5, 0.6) is 0 Å². The molecule has 0 bridgehead atoms. The van der Waals surface area contributed by atoms with Crippen LogP contribution in [-0.2, 0) is 30.1 Å². The SMILES string of the molecule is CNc1ccc(S(=O)(=O)NC)cc1NS(=O)(=O)c1cccc(S(N)(=O)=O)c1. The number of anilines is 2. The van der Waals surface area contributed by atoms with Crippen LogP contribution < -0.4 is 19.9 Å². The van der Waals surface area contributed by atoms with Crippen LogP contribution in [0.3, 0.4) is 0 Å². The second-order valence-corrected chi connectivity index (χ2v) is 10.4. The molecule has 0 aliphatic carbocycles. The van der Waals surface area contributed by atoms with E-state index >= 15 is 0 Å². The molecule has 0 radical (unpaired) electrons. The first kappa shape index (κ1) is 21.1. The lowest BCUT2D eigenvalue weighted by molar-refractivity contribution is 0.587. The highest BCUT2D eigenvalue weighted by atomic mass is 32.2. The Morgan fingerprint density at radius 2 is 1.33 bits per heavy atom. The van der Waals surface area contributed by atoms with Gasteiger partial charge in [0.15, 0.2) is 0 Å². The third kappa shape index (κ3) is 4.75. The molecule has 0 aromatic heterocycles. The van der Waals surface area contributed by atoms with Crippen LogP contribution in [0, 0.1) is 0 Å². The summed E-state index contributed by atoms with van der Waals surface area (Å²) in [5.74, 6) is 0. The first-order valence-corrected chi connectivity index (χ1v) is 11.8. The molecule has 2 aromatic carbocycles. The highest BCUT2D eigenvalue weighted by Gasteiger charge is 2.21. The summed E-state index contributed by atoms with van der Waals surface area (Å²) in [5.41, 5.74) is 0.283. The first-order chi connectivity index (χ1) is 12.4. The maximum absolute atomic E-state index is 12.6. The fourth-order valence-corrected chi connectivity index (χ4v) is 4.64. The molecule has 0 spiro atoms. The van der Waals surface area contributed by atoms with E-state index in [2.05, 4.69) is 14.8 Å². The number of benzene rings is 2. The van der Waals surface area contributed by atoms with Gasteiger partial charge in [0.1, 0.15) is 0 Å².